The molecule has 12 heavy (non-hydrogen) atoms. The van der Waals surface area contributed by atoms with E-state index in [4.69, 9.17) is 0 Å². The molecule has 1 aromatic rings. The minimum atomic E-state index is 0.981. The van der Waals surface area contributed by atoms with Crippen LogP contribution < -0.4 is 4.83 Å². The van der Waals surface area contributed by atoms with Crippen molar-refractivity contribution in [2.75, 3.05) is 0 Å². The topological polar surface area (TPSA) is 24.4 Å². The van der Waals surface area contributed by atoms with Crippen molar-refractivity contribution < 1.29 is 0 Å². The first-order chi connectivity index (χ1) is 5.97. The quantitative estimate of drug-likeness (QED) is 0.663. The third kappa shape index (κ3) is 1.51. The average molecular weight is 176 g/mol. The van der Waals surface area contributed by atoms with Crippen LogP contribution >= 0.6 is 11.9 Å². The average Bonchev–Trinajstić information content (AvgIpc) is 2.21. The Morgan fingerprint density at radius 1 is 1.17 bits per heavy atom. The number of nitrogens with one attached hydrogen (secondary N) is 1. The van der Waals surface area contributed by atoms with Gasteiger partial charge in [-0.1, -0.05) is 30.3 Å². The van der Waals surface area contributed by atoms with Gasteiger partial charge < -0.3 is 0 Å². The number of nitrogens with zero attached hydrogens (tertiary/aromatic N) is 1. The van der Waals surface area contributed by atoms with E-state index < -0.39 is 0 Å². The smallest absolute Gasteiger partial charge is 0.0917 e. The first kappa shape index (κ1) is 7.43. The number of hydrogen-bond donors (Lipinski definition) is 1. The molecule has 0 unspecified atom stereocenters. The molecule has 1 aliphatic heterocycles. The molecule has 0 atom stereocenters. The zero-order valence-corrected chi connectivity index (χ0v) is 7.21. The fourth-order valence-corrected chi connectivity index (χ4v) is 1.42. The van der Waals surface area contributed by atoms with Crippen LogP contribution in [0.1, 0.15) is 5.56 Å². The van der Waals surface area contributed by atoms with E-state index in [0.29, 0.717) is 0 Å². The molecule has 0 aromatic heterocycles. The highest BCUT2D eigenvalue weighted by molar-refractivity contribution is 8.00. The van der Waals surface area contributed by atoms with Gasteiger partial charge in [0.1, 0.15) is 0 Å². The summed E-state index contributed by atoms with van der Waals surface area (Å²) in [7, 11) is 0. The summed E-state index contributed by atoms with van der Waals surface area (Å²) in [6.45, 7) is 0. The van der Waals surface area contributed by atoms with Gasteiger partial charge in [-0.15, -0.1) is 0 Å². The molecule has 0 bridgehead atoms. The molecule has 3 heteroatoms. The minimum absolute atomic E-state index is 0.981. The van der Waals surface area contributed by atoms with Crippen molar-refractivity contribution in [2.24, 2.45) is 5.10 Å². The minimum Gasteiger partial charge on any atom is -0.247 e. The van der Waals surface area contributed by atoms with Crippen LogP contribution in [-0.2, 0) is 0 Å². The van der Waals surface area contributed by atoms with Gasteiger partial charge in [0.15, 0.2) is 0 Å². The largest absolute Gasteiger partial charge is 0.247 e. The van der Waals surface area contributed by atoms with Gasteiger partial charge in [-0.3, -0.25) is 0 Å². The van der Waals surface area contributed by atoms with E-state index in [1.54, 1.807) is 0 Å². The highest BCUT2D eigenvalue weighted by Gasteiger charge is 2.00. The molecular formula is C9H8N2S. The second-order valence-electron chi connectivity index (χ2n) is 2.37. The van der Waals surface area contributed by atoms with Crippen molar-refractivity contribution in [1.82, 2.24) is 4.83 Å². The number of hydrogen-bond acceptors (Lipinski definition) is 3. The molecule has 2 nitrogen and oxygen atoms in total. The number of hydrazone groups is 1. The lowest BCUT2D eigenvalue weighted by atomic mass is 10.1. The van der Waals surface area contributed by atoms with Crippen LogP contribution in [0.2, 0.25) is 0 Å². The van der Waals surface area contributed by atoms with E-state index in [1.807, 2.05) is 41.8 Å². The maximum Gasteiger partial charge on any atom is 0.0917 e. The zero-order valence-electron chi connectivity index (χ0n) is 6.40. The molecule has 0 amide bonds. The number of allylic oxidation sites excluding steroid dienone is 1. The normalized spacial score (nSPS) is 15.2. The summed E-state index contributed by atoms with van der Waals surface area (Å²) < 4.78 is 0. The first-order valence-corrected chi connectivity index (χ1v) is 4.55. The molecule has 0 aliphatic carbocycles. The summed E-state index contributed by atoms with van der Waals surface area (Å²) >= 11 is 1.48. The summed E-state index contributed by atoms with van der Waals surface area (Å²) in [5, 5.41) is 6.12. The fourth-order valence-electron chi connectivity index (χ4n) is 1.01. The van der Waals surface area contributed by atoms with Crippen LogP contribution in [-0.4, -0.2) is 5.71 Å². The summed E-state index contributed by atoms with van der Waals surface area (Å²) in [5.74, 6) is 0. The standard InChI is InChI=1S/C9H8N2S/c1-2-4-8(5-3-1)9-6-7-12-11-10-9/h1-7,11H. The maximum absolute atomic E-state index is 4.14. The lowest BCUT2D eigenvalue weighted by molar-refractivity contribution is 1.12. The van der Waals surface area contributed by atoms with E-state index >= 15 is 0 Å². The molecule has 1 aromatic carbocycles. The Bertz CT molecular complexity index is 317. The predicted octanol–water partition coefficient (Wildman–Crippen LogP) is 2.16. The lowest BCUT2D eigenvalue weighted by Gasteiger charge is -2.05. The summed E-state index contributed by atoms with van der Waals surface area (Å²) in [6, 6.07) is 10.1. The Balaban J connectivity index is 2.31. The Morgan fingerprint density at radius 3 is 2.67 bits per heavy atom. The lowest BCUT2D eigenvalue weighted by Crippen LogP contribution is -2.05. The molecule has 1 aliphatic rings. The van der Waals surface area contributed by atoms with Gasteiger partial charge in [0, 0.05) is 5.56 Å². The van der Waals surface area contributed by atoms with Gasteiger partial charge in [-0.05, 0) is 23.4 Å². The molecular weight excluding hydrogens is 168 g/mol. The summed E-state index contributed by atoms with van der Waals surface area (Å²) in [6.07, 6.45) is 2.00. The van der Waals surface area contributed by atoms with Crippen LogP contribution in [0.4, 0.5) is 0 Å². The van der Waals surface area contributed by atoms with Crippen LogP contribution in [0.25, 0.3) is 0 Å². The fraction of sp³-hybridized carbons (Fsp3) is 0. The van der Waals surface area contributed by atoms with Gasteiger partial charge >= 0.3 is 0 Å². The van der Waals surface area contributed by atoms with Crippen LogP contribution in [0.5, 0.6) is 0 Å². The van der Waals surface area contributed by atoms with E-state index in [1.165, 1.54) is 11.9 Å². The van der Waals surface area contributed by atoms with Crippen molar-refractivity contribution in [1.29, 1.82) is 0 Å². The molecule has 1 N–H and O–H groups in total. The Labute approximate surface area is 75.5 Å². The molecule has 1 heterocycles. The van der Waals surface area contributed by atoms with Crippen molar-refractivity contribution in [3.8, 4) is 0 Å². The Morgan fingerprint density at radius 2 is 2.00 bits per heavy atom. The molecule has 0 saturated heterocycles. The maximum atomic E-state index is 4.14. The Kier molecular flexibility index (Phi) is 2.14. The van der Waals surface area contributed by atoms with E-state index in [2.05, 4.69) is 9.93 Å². The van der Waals surface area contributed by atoms with Crippen molar-refractivity contribution >= 4 is 17.7 Å². The molecule has 0 saturated carbocycles. The molecule has 2 rings (SSSR count). The van der Waals surface area contributed by atoms with Gasteiger partial charge in [0.25, 0.3) is 0 Å². The van der Waals surface area contributed by atoms with Gasteiger partial charge in [0.05, 0.1) is 5.71 Å². The number of benzene rings is 1. The first-order valence-electron chi connectivity index (χ1n) is 3.67. The van der Waals surface area contributed by atoms with E-state index in [9.17, 15) is 0 Å². The number of rotatable bonds is 1. The van der Waals surface area contributed by atoms with Crippen molar-refractivity contribution in [3.05, 3.63) is 47.4 Å². The zero-order chi connectivity index (χ0) is 8.23. The third-order valence-electron chi connectivity index (χ3n) is 1.58. The van der Waals surface area contributed by atoms with E-state index in [-0.39, 0.29) is 0 Å². The molecule has 0 spiro atoms. The highest BCUT2D eigenvalue weighted by Crippen LogP contribution is 2.08. The van der Waals surface area contributed by atoms with Gasteiger partial charge in [0.2, 0.25) is 0 Å². The van der Waals surface area contributed by atoms with Gasteiger partial charge in [-0.25, -0.2) is 4.83 Å². The molecule has 60 valence electrons. The van der Waals surface area contributed by atoms with Crippen molar-refractivity contribution in [3.63, 3.8) is 0 Å². The Hall–Kier alpha value is -1.22. The van der Waals surface area contributed by atoms with E-state index in [0.717, 1.165) is 11.3 Å². The van der Waals surface area contributed by atoms with Crippen LogP contribution in [0, 0.1) is 0 Å². The molecule has 0 radical (unpaired) electrons. The summed E-state index contributed by atoms with van der Waals surface area (Å²) in [5.41, 5.74) is 2.12. The van der Waals surface area contributed by atoms with Gasteiger partial charge in [-0.2, -0.15) is 5.10 Å². The molecule has 0 fully saturated rings. The monoisotopic (exact) mass is 176 g/mol. The second-order valence-corrected chi connectivity index (χ2v) is 3.07. The highest BCUT2D eigenvalue weighted by atomic mass is 32.2. The predicted molar refractivity (Wildman–Crippen MR) is 52.8 cm³/mol. The second kappa shape index (κ2) is 3.45. The SMILES string of the molecule is C1=CC(c2ccccc2)=NNS1. The third-order valence-corrected chi connectivity index (χ3v) is 2.05. The van der Waals surface area contributed by atoms with Crippen molar-refractivity contribution in [2.45, 2.75) is 0 Å². The van der Waals surface area contributed by atoms with Crippen LogP contribution in [0.15, 0.2) is 46.9 Å². The summed E-state index contributed by atoms with van der Waals surface area (Å²) in [4.78, 5) is 2.85. The van der Waals surface area contributed by atoms with Crippen LogP contribution in [0.3, 0.4) is 0 Å².